The molecule has 6 heteroatoms. The molecule has 4 nitrogen and oxygen atoms in total. The van der Waals surface area contributed by atoms with E-state index >= 15 is 0 Å². The van der Waals surface area contributed by atoms with Crippen LogP contribution in [0, 0.1) is 0 Å². The lowest BCUT2D eigenvalue weighted by atomic mass is 10.2. The first-order chi connectivity index (χ1) is 5.75. The van der Waals surface area contributed by atoms with Gasteiger partial charge in [0.05, 0.1) is 6.42 Å². The maximum absolute atomic E-state index is 12.7. The highest BCUT2D eigenvalue weighted by Gasteiger charge is 2.79. The van der Waals surface area contributed by atoms with E-state index in [-0.39, 0.29) is 0 Å². The maximum atomic E-state index is 12.7. The third-order valence-electron chi connectivity index (χ3n) is 2.36. The van der Waals surface area contributed by atoms with Crippen LogP contribution in [0.1, 0.15) is 13.3 Å². The second kappa shape index (κ2) is 2.40. The summed E-state index contributed by atoms with van der Waals surface area (Å²) in [6.45, 7) is 1.05. The molecular formula is C7H9F2NO3. The van der Waals surface area contributed by atoms with E-state index in [1.165, 1.54) is 0 Å². The molecule has 1 amide bonds. The molecule has 0 radical (unpaired) electrons. The van der Waals surface area contributed by atoms with Gasteiger partial charge in [0.25, 0.3) is 5.92 Å². The van der Waals surface area contributed by atoms with E-state index in [0.717, 1.165) is 14.0 Å². The Morgan fingerprint density at radius 3 is 1.92 bits per heavy atom. The van der Waals surface area contributed by atoms with Gasteiger partial charge in [-0.1, -0.05) is 0 Å². The fourth-order valence-corrected chi connectivity index (χ4v) is 1.29. The number of rotatable bonds is 2. The lowest BCUT2D eigenvalue weighted by molar-refractivity contribution is -0.155. The SMILES string of the molecule is CC(=O)N(C)C1(C(=O)O)CC1(F)F. The van der Waals surface area contributed by atoms with E-state index in [9.17, 15) is 18.4 Å². The number of carboxylic acid groups (broad SMARTS) is 1. The van der Waals surface area contributed by atoms with Crippen LogP contribution in [-0.2, 0) is 9.59 Å². The summed E-state index contributed by atoms with van der Waals surface area (Å²) >= 11 is 0. The molecule has 1 saturated carbocycles. The van der Waals surface area contributed by atoms with Crippen molar-refractivity contribution in [2.24, 2.45) is 0 Å². The van der Waals surface area contributed by atoms with Crippen molar-refractivity contribution in [2.45, 2.75) is 24.8 Å². The van der Waals surface area contributed by atoms with Gasteiger partial charge in [-0.25, -0.2) is 13.6 Å². The molecule has 0 heterocycles. The smallest absolute Gasteiger partial charge is 0.336 e. The van der Waals surface area contributed by atoms with Crippen molar-refractivity contribution in [3.05, 3.63) is 0 Å². The molecule has 13 heavy (non-hydrogen) atoms. The summed E-state index contributed by atoms with van der Waals surface area (Å²) in [5, 5.41) is 8.58. The van der Waals surface area contributed by atoms with Gasteiger partial charge in [-0.2, -0.15) is 0 Å². The van der Waals surface area contributed by atoms with Crippen LogP contribution in [-0.4, -0.2) is 40.4 Å². The molecule has 1 aliphatic rings. The Morgan fingerprint density at radius 2 is 1.85 bits per heavy atom. The Bertz CT molecular complexity index is 279. The molecule has 0 spiro atoms. The minimum atomic E-state index is -3.31. The summed E-state index contributed by atoms with van der Waals surface area (Å²) in [5.41, 5.74) is -2.31. The molecule has 1 unspecified atom stereocenters. The zero-order valence-corrected chi connectivity index (χ0v) is 7.17. The standard InChI is InChI=1S/C7H9F2NO3/c1-4(11)10(2)6(5(12)13)3-7(6,8)9/h3H2,1-2H3,(H,12,13). The number of aliphatic carboxylic acids is 1. The predicted molar refractivity (Wildman–Crippen MR) is 38.4 cm³/mol. The first-order valence-corrected chi connectivity index (χ1v) is 3.61. The Morgan fingerprint density at radius 1 is 1.46 bits per heavy atom. The van der Waals surface area contributed by atoms with Gasteiger partial charge in [0, 0.05) is 14.0 Å². The molecule has 0 aromatic heterocycles. The van der Waals surface area contributed by atoms with E-state index in [1.54, 1.807) is 0 Å². The van der Waals surface area contributed by atoms with Crippen LogP contribution in [0.25, 0.3) is 0 Å². The molecule has 1 N–H and O–H groups in total. The minimum Gasteiger partial charge on any atom is -0.479 e. The van der Waals surface area contributed by atoms with Gasteiger partial charge in [0.15, 0.2) is 0 Å². The summed E-state index contributed by atoms with van der Waals surface area (Å²) in [6.07, 6.45) is -0.800. The third kappa shape index (κ3) is 1.08. The van der Waals surface area contributed by atoms with Crippen molar-refractivity contribution >= 4 is 11.9 Å². The fraction of sp³-hybridized carbons (Fsp3) is 0.714. The minimum absolute atomic E-state index is 0.579. The van der Waals surface area contributed by atoms with Gasteiger partial charge in [-0.15, -0.1) is 0 Å². The van der Waals surface area contributed by atoms with Crippen LogP contribution in [0.3, 0.4) is 0 Å². The fourth-order valence-electron chi connectivity index (χ4n) is 1.29. The van der Waals surface area contributed by atoms with E-state index in [2.05, 4.69) is 0 Å². The Kier molecular flexibility index (Phi) is 1.82. The number of carbonyl (C=O) groups excluding carboxylic acids is 1. The second-order valence-corrected chi connectivity index (χ2v) is 3.12. The topological polar surface area (TPSA) is 57.6 Å². The largest absolute Gasteiger partial charge is 0.479 e. The number of likely N-dealkylation sites (N-methyl/N-ethyl adjacent to an activating group) is 1. The zero-order chi connectivity index (χ0) is 10.4. The molecule has 74 valence electrons. The quantitative estimate of drug-likeness (QED) is 0.687. The van der Waals surface area contributed by atoms with Crippen molar-refractivity contribution in [3.8, 4) is 0 Å². The van der Waals surface area contributed by atoms with Crippen molar-refractivity contribution in [1.29, 1.82) is 0 Å². The third-order valence-corrected chi connectivity index (χ3v) is 2.36. The number of hydrogen-bond acceptors (Lipinski definition) is 2. The van der Waals surface area contributed by atoms with Crippen LogP contribution in [0.4, 0.5) is 8.78 Å². The first kappa shape index (κ1) is 9.88. The maximum Gasteiger partial charge on any atom is 0.336 e. The van der Waals surface area contributed by atoms with Gasteiger partial charge in [-0.3, -0.25) is 4.79 Å². The lowest BCUT2D eigenvalue weighted by Crippen LogP contribution is -2.47. The molecule has 0 aliphatic heterocycles. The van der Waals surface area contributed by atoms with Crippen LogP contribution in [0.2, 0.25) is 0 Å². The summed E-state index contributed by atoms with van der Waals surface area (Å²) in [5.74, 6) is -5.64. The molecule has 0 bridgehead atoms. The number of hydrogen-bond donors (Lipinski definition) is 1. The van der Waals surface area contributed by atoms with Gasteiger partial charge < -0.3 is 10.0 Å². The van der Waals surface area contributed by atoms with E-state index in [0.29, 0.717) is 4.90 Å². The highest BCUT2D eigenvalue weighted by atomic mass is 19.3. The molecule has 1 fully saturated rings. The lowest BCUT2D eigenvalue weighted by Gasteiger charge is -2.23. The molecule has 0 aromatic rings. The first-order valence-electron chi connectivity index (χ1n) is 3.61. The van der Waals surface area contributed by atoms with Crippen molar-refractivity contribution < 1.29 is 23.5 Å². The van der Waals surface area contributed by atoms with Gasteiger partial charge in [0.2, 0.25) is 11.4 Å². The van der Waals surface area contributed by atoms with Crippen molar-refractivity contribution in [2.75, 3.05) is 7.05 Å². The van der Waals surface area contributed by atoms with E-state index < -0.39 is 29.8 Å². The van der Waals surface area contributed by atoms with Gasteiger partial charge >= 0.3 is 5.97 Å². The summed E-state index contributed by atoms with van der Waals surface area (Å²) < 4.78 is 25.5. The Labute approximate surface area is 73.1 Å². The Balaban J connectivity index is 2.98. The molecule has 0 saturated heterocycles. The molecular weight excluding hydrogens is 184 g/mol. The monoisotopic (exact) mass is 193 g/mol. The number of halogens is 2. The predicted octanol–water partition coefficient (Wildman–Crippen LogP) is 0.327. The average molecular weight is 193 g/mol. The van der Waals surface area contributed by atoms with Crippen LogP contribution >= 0.6 is 0 Å². The number of carbonyl (C=O) groups is 2. The van der Waals surface area contributed by atoms with Gasteiger partial charge in [0.1, 0.15) is 0 Å². The van der Waals surface area contributed by atoms with E-state index in [1.807, 2.05) is 0 Å². The average Bonchev–Trinajstić information content (AvgIpc) is 2.53. The summed E-state index contributed by atoms with van der Waals surface area (Å²) in [6, 6.07) is 0. The Hall–Kier alpha value is -1.20. The second-order valence-electron chi connectivity index (χ2n) is 3.12. The van der Waals surface area contributed by atoms with Crippen molar-refractivity contribution in [3.63, 3.8) is 0 Å². The zero-order valence-electron chi connectivity index (χ0n) is 7.17. The summed E-state index contributed by atoms with van der Waals surface area (Å²) in [7, 11) is 1.07. The molecule has 1 aliphatic carbocycles. The molecule has 1 atom stereocenters. The van der Waals surface area contributed by atoms with Crippen LogP contribution in [0.5, 0.6) is 0 Å². The number of amides is 1. The van der Waals surface area contributed by atoms with Crippen LogP contribution < -0.4 is 0 Å². The van der Waals surface area contributed by atoms with Crippen LogP contribution in [0.15, 0.2) is 0 Å². The molecule has 1 rings (SSSR count). The highest BCUT2D eigenvalue weighted by Crippen LogP contribution is 2.56. The number of carboxylic acids is 1. The van der Waals surface area contributed by atoms with Crippen molar-refractivity contribution in [1.82, 2.24) is 4.90 Å². The molecule has 0 aromatic carbocycles. The highest BCUT2D eigenvalue weighted by molar-refractivity contribution is 5.90. The number of nitrogens with zero attached hydrogens (tertiary/aromatic N) is 1. The number of alkyl halides is 2. The van der Waals surface area contributed by atoms with E-state index in [4.69, 9.17) is 5.11 Å². The summed E-state index contributed by atoms with van der Waals surface area (Å²) in [4.78, 5) is 21.9. The van der Waals surface area contributed by atoms with Gasteiger partial charge in [-0.05, 0) is 0 Å². The normalized spacial score (nSPS) is 29.5.